The molecule has 0 amide bonds. The number of nitrogens with zero attached hydrogens (tertiary/aromatic N) is 3. The van der Waals surface area contributed by atoms with E-state index in [-0.39, 0.29) is 5.78 Å². The van der Waals surface area contributed by atoms with E-state index in [0.29, 0.717) is 6.54 Å². The summed E-state index contributed by atoms with van der Waals surface area (Å²) in [5.74, 6) is 0.229. The molecular formula is C20H26ClN3O. The number of hydrogen-bond donors (Lipinski definition) is 0. The topological polar surface area (TPSA) is 28.5 Å². The molecule has 1 fully saturated rings. The van der Waals surface area contributed by atoms with Crippen LogP contribution in [0.15, 0.2) is 30.3 Å². The third-order valence-electron chi connectivity index (χ3n) is 5.23. The van der Waals surface area contributed by atoms with Crippen LogP contribution in [0.3, 0.4) is 0 Å². The molecule has 25 heavy (non-hydrogen) atoms. The van der Waals surface area contributed by atoms with Crippen LogP contribution >= 0.6 is 11.6 Å². The zero-order valence-corrected chi connectivity index (χ0v) is 16.0. The van der Waals surface area contributed by atoms with E-state index in [0.717, 1.165) is 54.7 Å². The smallest absolute Gasteiger partial charge is 0.178 e. The second-order valence-corrected chi connectivity index (χ2v) is 7.38. The fourth-order valence-corrected chi connectivity index (χ4v) is 3.51. The highest BCUT2D eigenvalue weighted by Crippen LogP contribution is 2.16. The number of piperazine rings is 1. The first-order valence-corrected chi connectivity index (χ1v) is 9.17. The number of halogens is 1. The van der Waals surface area contributed by atoms with Crippen molar-refractivity contribution in [3.05, 3.63) is 57.9 Å². The van der Waals surface area contributed by atoms with Gasteiger partial charge in [0.1, 0.15) is 0 Å². The maximum absolute atomic E-state index is 12.6. The van der Waals surface area contributed by atoms with Crippen LogP contribution in [-0.2, 0) is 13.6 Å². The molecule has 134 valence electrons. The summed E-state index contributed by atoms with van der Waals surface area (Å²) in [4.78, 5) is 17.3. The third kappa shape index (κ3) is 4.32. The molecule has 1 aliphatic rings. The van der Waals surface area contributed by atoms with Gasteiger partial charge in [0.15, 0.2) is 5.78 Å². The SMILES string of the molecule is Cc1cc(C(=O)CN2CCN(Cc3ccc(Cl)cc3)CC2)c(C)n1C. The van der Waals surface area contributed by atoms with Crippen molar-refractivity contribution in [3.8, 4) is 0 Å². The summed E-state index contributed by atoms with van der Waals surface area (Å²) in [5, 5.41) is 0.776. The lowest BCUT2D eigenvalue weighted by Gasteiger charge is -2.34. The van der Waals surface area contributed by atoms with E-state index in [1.807, 2.05) is 39.1 Å². The highest BCUT2D eigenvalue weighted by Gasteiger charge is 2.21. The number of carbonyl (C=O) groups is 1. The van der Waals surface area contributed by atoms with E-state index < -0.39 is 0 Å². The largest absolute Gasteiger partial charge is 0.351 e. The van der Waals surface area contributed by atoms with Gasteiger partial charge >= 0.3 is 0 Å². The number of Topliss-reactive ketones (excluding diaryl/α,β-unsaturated/α-hetero) is 1. The van der Waals surface area contributed by atoms with E-state index >= 15 is 0 Å². The lowest BCUT2D eigenvalue weighted by molar-refractivity contribution is 0.0843. The van der Waals surface area contributed by atoms with Gasteiger partial charge in [-0.25, -0.2) is 0 Å². The Morgan fingerprint density at radius 2 is 1.64 bits per heavy atom. The van der Waals surface area contributed by atoms with Crippen LogP contribution < -0.4 is 0 Å². The second kappa shape index (κ2) is 7.73. The Bertz CT molecular complexity index is 743. The Labute approximate surface area is 155 Å². The Morgan fingerprint density at radius 1 is 1.04 bits per heavy atom. The molecule has 2 aromatic rings. The van der Waals surface area contributed by atoms with E-state index in [1.54, 1.807) is 0 Å². The fraction of sp³-hybridized carbons (Fsp3) is 0.450. The molecule has 0 atom stereocenters. The van der Waals surface area contributed by atoms with E-state index in [4.69, 9.17) is 11.6 Å². The van der Waals surface area contributed by atoms with Crippen molar-refractivity contribution >= 4 is 17.4 Å². The lowest BCUT2D eigenvalue weighted by Crippen LogP contribution is -2.47. The van der Waals surface area contributed by atoms with Crippen LogP contribution in [0.25, 0.3) is 0 Å². The van der Waals surface area contributed by atoms with E-state index in [1.165, 1.54) is 5.56 Å². The molecule has 0 unspecified atom stereocenters. The van der Waals surface area contributed by atoms with Crippen molar-refractivity contribution in [1.82, 2.24) is 14.4 Å². The first kappa shape index (κ1) is 18.2. The Balaban J connectivity index is 1.51. The quantitative estimate of drug-likeness (QED) is 0.767. The molecule has 1 aromatic heterocycles. The number of hydrogen-bond acceptors (Lipinski definition) is 3. The van der Waals surface area contributed by atoms with Gasteiger partial charge in [0.25, 0.3) is 0 Å². The van der Waals surface area contributed by atoms with Crippen LogP contribution in [0, 0.1) is 13.8 Å². The number of rotatable bonds is 5. The molecule has 2 heterocycles. The zero-order valence-electron chi connectivity index (χ0n) is 15.3. The maximum atomic E-state index is 12.6. The summed E-state index contributed by atoms with van der Waals surface area (Å²) >= 11 is 5.94. The monoisotopic (exact) mass is 359 g/mol. The Hall–Kier alpha value is -1.62. The minimum atomic E-state index is 0.229. The molecule has 0 radical (unpaired) electrons. The van der Waals surface area contributed by atoms with Crippen LogP contribution in [0.2, 0.25) is 5.02 Å². The van der Waals surface area contributed by atoms with Crippen molar-refractivity contribution in [2.75, 3.05) is 32.7 Å². The standard InChI is InChI=1S/C20H26ClN3O/c1-15-12-19(16(2)22(15)3)20(25)14-24-10-8-23(9-11-24)13-17-4-6-18(21)7-5-17/h4-7,12H,8-11,13-14H2,1-3H3. The molecule has 1 aliphatic heterocycles. The molecule has 0 aliphatic carbocycles. The summed E-state index contributed by atoms with van der Waals surface area (Å²) < 4.78 is 2.08. The summed E-state index contributed by atoms with van der Waals surface area (Å²) in [6.07, 6.45) is 0. The van der Waals surface area contributed by atoms with Crippen LogP contribution in [0.4, 0.5) is 0 Å². The average Bonchev–Trinajstić information content (AvgIpc) is 2.86. The molecule has 3 rings (SSSR count). The van der Waals surface area contributed by atoms with Crippen LogP contribution in [0.5, 0.6) is 0 Å². The van der Waals surface area contributed by atoms with Crippen molar-refractivity contribution in [2.24, 2.45) is 7.05 Å². The van der Waals surface area contributed by atoms with Crippen molar-refractivity contribution < 1.29 is 4.79 Å². The van der Waals surface area contributed by atoms with Gasteiger partial charge in [-0.3, -0.25) is 14.6 Å². The van der Waals surface area contributed by atoms with Gasteiger partial charge < -0.3 is 4.57 Å². The first-order valence-electron chi connectivity index (χ1n) is 8.79. The number of aromatic nitrogens is 1. The van der Waals surface area contributed by atoms with E-state index in [2.05, 4.69) is 26.5 Å². The summed E-state index contributed by atoms with van der Waals surface area (Å²) in [6.45, 7) is 9.36. The molecule has 0 spiro atoms. The molecule has 0 saturated carbocycles. The maximum Gasteiger partial charge on any atom is 0.178 e. The van der Waals surface area contributed by atoms with Gasteiger partial charge in [-0.05, 0) is 37.6 Å². The minimum Gasteiger partial charge on any atom is -0.351 e. The number of aryl methyl sites for hydroxylation is 1. The highest BCUT2D eigenvalue weighted by atomic mass is 35.5. The lowest BCUT2D eigenvalue weighted by atomic mass is 10.1. The molecule has 5 heteroatoms. The number of carbonyl (C=O) groups excluding carboxylic acids is 1. The van der Waals surface area contributed by atoms with Crippen molar-refractivity contribution in [3.63, 3.8) is 0 Å². The van der Waals surface area contributed by atoms with Crippen molar-refractivity contribution in [2.45, 2.75) is 20.4 Å². The van der Waals surface area contributed by atoms with Gasteiger partial charge in [-0.1, -0.05) is 23.7 Å². The summed E-state index contributed by atoms with van der Waals surface area (Å²) in [7, 11) is 2.01. The van der Waals surface area contributed by atoms with Crippen LogP contribution in [-0.4, -0.2) is 52.9 Å². The fourth-order valence-electron chi connectivity index (χ4n) is 3.38. The number of benzene rings is 1. The first-order chi connectivity index (χ1) is 11.9. The van der Waals surface area contributed by atoms with Crippen molar-refractivity contribution in [1.29, 1.82) is 0 Å². The van der Waals surface area contributed by atoms with Gasteiger partial charge in [0, 0.05) is 61.7 Å². The average molecular weight is 360 g/mol. The second-order valence-electron chi connectivity index (χ2n) is 6.95. The minimum absolute atomic E-state index is 0.229. The molecule has 0 N–H and O–H groups in total. The molecule has 0 bridgehead atoms. The normalized spacial score (nSPS) is 16.3. The van der Waals surface area contributed by atoms with Gasteiger partial charge in [-0.2, -0.15) is 0 Å². The summed E-state index contributed by atoms with van der Waals surface area (Å²) in [5.41, 5.74) is 4.34. The van der Waals surface area contributed by atoms with E-state index in [9.17, 15) is 4.79 Å². The Kier molecular flexibility index (Phi) is 5.62. The Morgan fingerprint density at radius 3 is 2.20 bits per heavy atom. The molecule has 1 saturated heterocycles. The van der Waals surface area contributed by atoms with Gasteiger partial charge in [0.2, 0.25) is 0 Å². The predicted octanol–water partition coefficient (Wildman–Crippen LogP) is 3.30. The number of ketones is 1. The van der Waals surface area contributed by atoms with Gasteiger partial charge in [-0.15, -0.1) is 0 Å². The molecular weight excluding hydrogens is 334 g/mol. The summed E-state index contributed by atoms with van der Waals surface area (Å²) in [6, 6.07) is 10.1. The van der Waals surface area contributed by atoms with Crippen LogP contribution in [0.1, 0.15) is 27.3 Å². The zero-order chi connectivity index (χ0) is 18.0. The highest BCUT2D eigenvalue weighted by molar-refractivity contribution is 6.30. The predicted molar refractivity (Wildman–Crippen MR) is 102 cm³/mol. The molecule has 1 aromatic carbocycles. The molecule has 4 nitrogen and oxygen atoms in total. The van der Waals surface area contributed by atoms with Gasteiger partial charge in [0.05, 0.1) is 6.54 Å². The third-order valence-corrected chi connectivity index (χ3v) is 5.48.